The highest BCUT2D eigenvalue weighted by Crippen LogP contribution is 2.36. The normalized spacial score (nSPS) is 19.2. The molecule has 36 heavy (non-hydrogen) atoms. The number of ether oxygens (including phenoxy) is 2. The first-order valence-corrected chi connectivity index (χ1v) is 13.4. The highest BCUT2D eigenvalue weighted by molar-refractivity contribution is 8.26. The van der Waals surface area contributed by atoms with Gasteiger partial charge >= 0.3 is 0 Å². The molecular weight excluding hydrogens is 490 g/mol. The summed E-state index contributed by atoms with van der Waals surface area (Å²) < 4.78 is 14.0. The van der Waals surface area contributed by atoms with Gasteiger partial charge < -0.3 is 9.47 Å². The fourth-order valence-electron chi connectivity index (χ4n) is 4.45. The lowest BCUT2D eigenvalue weighted by molar-refractivity contribution is -0.123. The van der Waals surface area contributed by atoms with E-state index in [2.05, 4.69) is 6.92 Å². The van der Waals surface area contributed by atoms with Crippen molar-refractivity contribution in [2.45, 2.75) is 45.8 Å². The zero-order valence-corrected chi connectivity index (χ0v) is 22.3. The maximum atomic E-state index is 13.3. The number of hydrogen-bond donors (Lipinski definition) is 0. The zero-order valence-electron chi connectivity index (χ0n) is 20.6. The van der Waals surface area contributed by atoms with Crippen molar-refractivity contribution in [3.05, 3.63) is 70.8 Å². The van der Waals surface area contributed by atoms with E-state index in [-0.39, 0.29) is 18.1 Å². The van der Waals surface area contributed by atoms with Crippen LogP contribution < -0.4 is 4.74 Å². The van der Waals surface area contributed by atoms with Crippen molar-refractivity contribution in [3.63, 3.8) is 0 Å². The summed E-state index contributed by atoms with van der Waals surface area (Å²) in [5, 5.41) is 4.93. The first-order valence-electron chi connectivity index (χ1n) is 12.2. The quantitative estimate of drug-likeness (QED) is 0.281. The number of rotatable bonds is 7. The van der Waals surface area contributed by atoms with Crippen molar-refractivity contribution in [2.24, 2.45) is 0 Å². The van der Waals surface area contributed by atoms with Gasteiger partial charge in [-0.05, 0) is 75.6 Å². The summed E-state index contributed by atoms with van der Waals surface area (Å²) in [5.41, 5.74) is 4.64. The van der Waals surface area contributed by atoms with E-state index in [4.69, 9.17) is 26.8 Å². The van der Waals surface area contributed by atoms with Crippen LogP contribution in [-0.2, 0) is 9.53 Å². The lowest BCUT2D eigenvalue weighted by Crippen LogP contribution is -2.35. The molecular formula is C28H29N3O3S2. The molecule has 0 radical (unpaired) electrons. The van der Waals surface area contributed by atoms with Gasteiger partial charge in [-0.15, -0.1) is 0 Å². The second kappa shape index (κ2) is 10.6. The van der Waals surface area contributed by atoms with Gasteiger partial charge in [-0.25, -0.2) is 4.68 Å². The van der Waals surface area contributed by atoms with Gasteiger partial charge in [0.15, 0.2) is 0 Å². The Labute approximate surface area is 221 Å². The average molecular weight is 520 g/mol. The number of para-hydroxylation sites is 1. The van der Waals surface area contributed by atoms with Gasteiger partial charge in [-0.1, -0.05) is 42.2 Å². The van der Waals surface area contributed by atoms with Gasteiger partial charge in [-0.3, -0.25) is 9.69 Å². The predicted octanol–water partition coefficient (Wildman–Crippen LogP) is 6.02. The van der Waals surface area contributed by atoms with Gasteiger partial charge in [-0.2, -0.15) is 5.10 Å². The largest absolute Gasteiger partial charge is 0.491 e. The molecule has 5 rings (SSSR count). The molecule has 0 bridgehead atoms. The summed E-state index contributed by atoms with van der Waals surface area (Å²) >= 11 is 6.90. The Morgan fingerprint density at radius 2 is 2.06 bits per heavy atom. The third-order valence-corrected chi connectivity index (χ3v) is 7.54. The molecule has 2 aromatic carbocycles. The number of benzene rings is 2. The third-order valence-electron chi connectivity index (χ3n) is 6.16. The average Bonchev–Trinajstić information content (AvgIpc) is 3.57. The van der Waals surface area contributed by atoms with Gasteiger partial charge in [0.2, 0.25) is 0 Å². The number of carbonyl (C=O) groups is 1. The minimum atomic E-state index is -0.0729. The maximum absolute atomic E-state index is 13.3. The highest BCUT2D eigenvalue weighted by atomic mass is 32.2. The third kappa shape index (κ3) is 5.26. The number of carbonyl (C=O) groups excluding carboxylic acids is 1. The van der Waals surface area contributed by atoms with E-state index < -0.39 is 0 Å². The molecule has 2 aliphatic heterocycles. The van der Waals surface area contributed by atoms with Gasteiger partial charge in [0.1, 0.15) is 15.8 Å². The summed E-state index contributed by atoms with van der Waals surface area (Å²) in [5.74, 6) is 0.751. The molecule has 2 aliphatic rings. The number of hydrogen-bond acceptors (Lipinski definition) is 6. The Bertz CT molecular complexity index is 1310. The van der Waals surface area contributed by atoms with Crippen LogP contribution in [0.25, 0.3) is 23.0 Å². The number of aryl methyl sites for hydroxylation is 1. The number of aromatic nitrogens is 2. The summed E-state index contributed by atoms with van der Waals surface area (Å²) in [7, 11) is 0. The molecule has 0 spiro atoms. The Balaban J connectivity index is 1.52. The minimum absolute atomic E-state index is 0.0532. The predicted molar refractivity (Wildman–Crippen MR) is 148 cm³/mol. The van der Waals surface area contributed by atoms with Crippen LogP contribution in [0.3, 0.4) is 0 Å². The molecule has 0 unspecified atom stereocenters. The monoisotopic (exact) mass is 519 g/mol. The van der Waals surface area contributed by atoms with E-state index >= 15 is 0 Å². The number of amides is 1. The fourth-order valence-corrected chi connectivity index (χ4v) is 5.72. The standard InChI is InChI=1S/C28H29N3O3S2/c1-18(2)34-22-11-12-24(19(3)14-22)26-20(16-31(29-26)21-8-5-4-6-9-21)15-25-27(32)30(28(35)36-25)17-23-10-7-13-33-23/h4-6,8-9,11-12,14-16,18,23H,7,10,13,17H2,1-3H3/b25-15-/t23-/m0/s1. The molecule has 2 fully saturated rings. The van der Waals surface area contributed by atoms with Crippen LogP contribution in [0, 0.1) is 6.92 Å². The summed E-state index contributed by atoms with van der Waals surface area (Å²) in [6, 6.07) is 16.0. The van der Waals surface area contributed by atoms with E-state index in [1.807, 2.05) is 79.3 Å². The molecule has 1 amide bonds. The van der Waals surface area contributed by atoms with Crippen molar-refractivity contribution in [2.75, 3.05) is 13.2 Å². The smallest absolute Gasteiger partial charge is 0.266 e. The molecule has 0 aliphatic carbocycles. The Kier molecular flexibility index (Phi) is 7.27. The van der Waals surface area contributed by atoms with E-state index in [0.717, 1.165) is 53.3 Å². The highest BCUT2D eigenvalue weighted by Gasteiger charge is 2.35. The van der Waals surface area contributed by atoms with Crippen LogP contribution in [0.1, 0.15) is 37.8 Å². The fraction of sp³-hybridized carbons (Fsp3) is 0.321. The summed E-state index contributed by atoms with van der Waals surface area (Å²) in [6.45, 7) is 7.33. The molecule has 3 heterocycles. The van der Waals surface area contributed by atoms with Crippen molar-refractivity contribution < 1.29 is 14.3 Å². The first-order chi connectivity index (χ1) is 17.4. The lowest BCUT2D eigenvalue weighted by Gasteiger charge is -2.18. The molecule has 6 nitrogen and oxygen atoms in total. The van der Waals surface area contributed by atoms with Crippen molar-refractivity contribution in [1.29, 1.82) is 0 Å². The zero-order chi connectivity index (χ0) is 25.2. The van der Waals surface area contributed by atoms with Crippen molar-refractivity contribution in [3.8, 4) is 22.7 Å². The summed E-state index contributed by atoms with van der Waals surface area (Å²) in [6.07, 6.45) is 6.01. The topological polar surface area (TPSA) is 56.6 Å². The maximum Gasteiger partial charge on any atom is 0.266 e. The van der Waals surface area contributed by atoms with Gasteiger partial charge in [0.25, 0.3) is 5.91 Å². The molecule has 2 saturated heterocycles. The first kappa shape index (κ1) is 24.7. The van der Waals surface area contributed by atoms with Crippen molar-refractivity contribution in [1.82, 2.24) is 14.7 Å². The second-order valence-corrected chi connectivity index (χ2v) is 11.0. The molecule has 0 saturated carbocycles. The van der Waals surface area contributed by atoms with Crippen LogP contribution in [0.5, 0.6) is 5.75 Å². The number of nitrogens with zero attached hydrogens (tertiary/aromatic N) is 3. The van der Waals surface area contributed by atoms with E-state index in [1.165, 1.54) is 11.8 Å². The SMILES string of the molecule is Cc1cc(OC(C)C)ccc1-c1nn(-c2ccccc2)cc1/C=C1\SC(=S)N(C[C@@H]2CCCO2)C1=O. The van der Waals surface area contributed by atoms with Crippen LogP contribution in [-0.4, -0.2) is 50.3 Å². The molecule has 186 valence electrons. The van der Waals surface area contributed by atoms with Crippen molar-refractivity contribution >= 4 is 40.3 Å². The molecule has 0 N–H and O–H groups in total. The lowest BCUT2D eigenvalue weighted by atomic mass is 10.0. The van der Waals surface area contributed by atoms with E-state index in [9.17, 15) is 4.79 Å². The number of thiocarbonyl (C=S) groups is 1. The van der Waals surface area contributed by atoms with Crippen LogP contribution in [0.2, 0.25) is 0 Å². The number of thioether (sulfide) groups is 1. The molecule has 1 aromatic heterocycles. The molecule has 3 aromatic rings. The Hall–Kier alpha value is -2.94. The molecule has 8 heteroatoms. The van der Waals surface area contributed by atoms with Crippen LogP contribution >= 0.6 is 24.0 Å². The minimum Gasteiger partial charge on any atom is -0.491 e. The van der Waals surface area contributed by atoms with Crippen LogP contribution in [0.4, 0.5) is 0 Å². The molecule has 1 atom stereocenters. The van der Waals surface area contributed by atoms with E-state index in [1.54, 1.807) is 4.90 Å². The Morgan fingerprint density at radius 1 is 1.25 bits per heavy atom. The van der Waals surface area contributed by atoms with Gasteiger partial charge in [0.05, 0.1) is 29.3 Å². The van der Waals surface area contributed by atoms with Crippen LogP contribution in [0.15, 0.2) is 59.6 Å². The van der Waals surface area contributed by atoms with Gasteiger partial charge in [0, 0.05) is 23.9 Å². The summed E-state index contributed by atoms with van der Waals surface area (Å²) in [4.78, 5) is 15.6. The van der Waals surface area contributed by atoms with E-state index in [0.29, 0.717) is 15.8 Å². The Morgan fingerprint density at radius 3 is 2.75 bits per heavy atom. The second-order valence-electron chi connectivity index (χ2n) is 9.28.